The van der Waals surface area contributed by atoms with E-state index < -0.39 is 0 Å². The van der Waals surface area contributed by atoms with Crippen molar-refractivity contribution in [3.05, 3.63) is 102 Å². The van der Waals surface area contributed by atoms with Gasteiger partial charge < -0.3 is 0 Å². The van der Waals surface area contributed by atoms with Gasteiger partial charge in [0, 0.05) is 11.8 Å². The Labute approximate surface area is 144 Å². The third-order valence-electron chi connectivity index (χ3n) is 3.65. The maximum absolute atomic E-state index is 4.72. The second kappa shape index (κ2) is 9.26. The molecular formula is C23H23N. The summed E-state index contributed by atoms with van der Waals surface area (Å²) in [5.74, 6) is 0. The van der Waals surface area contributed by atoms with E-state index in [1.54, 1.807) is 0 Å². The van der Waals surface area contributed by atoms with Crippen LogP contribution in [0.3, 0.4) is 0 Å². The number of fused-ring (bicyclic) bond motifs is 1. The number of aryl methyl sites for hydroxylation is 1. The highest BCUT2D eigenvalue weighted by atomic mass is 14.7. The molecule has 0 unspecified atom stereocenters. The van der Waals surface area contributed by atoms with Crippen LogP contribution in [-0.2, 0) is 0 Å². The van der Waals surface area contributed by atoms with E-state index in [0.717, 1.165) is 27.6 Å². The van der Waals surface area contributed by atoms with Gasteiger partial charge in [-0.25, -0.2) is 0 Å². The smallest absolute Gasteiger partial charge is 0.0704 e. The zero-order valence-electron chi connectivity index (χ0n) is 14.3. The summed E-state index contributed by atoms with van der Waals surface area (Å²) in [5.41, 5.74) is 3.06. The molecule has 0 saturated carbocycles. The first-order valence-electron chi connectivity index (χ1n) is 8.07. The third kappa shape index (κ3) is 4.79. The lowest BCUT2D eigenvalue weighted by atomic mass is 10.1. The van der Waals surface area contributed by atoms with E-state index in [-0.39, 0.29) is 0 Å². The van der Waals surface area contributed by atoms with Gasteiger partial charge in [-0.3, -0.25) is 4.98 Å². The maximum atomic E-state index is 4.72. The summed E-state index contributed by atoms with van der Waals surface area (Å²) < 4.78 is 0. The van der Waals surface area contributed by atoms with Crippen molar-refractivity contribution in [2.24, 2.45) is 0 Å². The lowest BCUT2D eigenvalue weighted by Gasteiger charge is -2.01. The topological polar surface area (TPSA) is 12.9 Å². The minimum absolute atomic E-state index is 0.897. The second-order valence-corrected chi connectivity index (χ2v) is 5.37. The van der Waals surface area contributed by atoms with Gasteiger partial charge in [-0.1, -0.05) is 85.5 Å². The Hall–Kier alpha value is -2.93. The molecule has 0 saturated heterocycles. The molecule has 120 valence electrons. The SMILES string of the molecule is C=Cc1c(C)cccc2ccccc2cnc1/C=C/C=C\C=C/C. The highest BCUT2D eigenvalue weighted by molar-refractivity contribution is 5.80. The van der Waals surface area contributed by atoms with E-state index in [1.165, 1.54) is 0 Å². The Balaban J connectivity index is 2.66. The van der Waals surface area contributed by atoms with Crippen LogP contribution in [0, 0.1) is 6.92 Å². The highest BCUT2D eigenvalue weighted by Crippen LogP contribution is 2.15. The van der Waals surface area contributed by atoms with Crippen molar-refractivity contribution in [3.8, 4) is 0 Å². The van der Waals surface area contributed by atoms with Gasteiger partial charge in [-0.15, -0.1) is 0 Å². The van der Waals surface area contributed by atoms with Gasteiger partial charge in [0.15, 0.2) is 0 Å². The molecule has 2 aromatic rings. The minimum Gasteiger partial charge on any atom is -0.256 e. The zero-order valence-corrected chi connectivity index (χ0v) is 14.3. The van der Waals surface area contributed by atoms with Gasteiger partial charge in [0.2, 0.25) is 0 Å². The molecule has 0 atom stereocenters. The van der Waals surface area contributed by atoms with Gasteiger partial charge in [-0.2, -0.15) is 0 Å². The minimum atomic E-state index is 0.897. The molecule has 1 heterocycles. The van der Waals surface area contributed by atoms with Gasteiger partial charge in [0.25, 0.3) is 0 Å². The normalized spacial score (nSPS) is 11.4. The zero-order chi connectivity index (χ0) is 17.2. The predicted octanol–water partition coefficient (Wildman–Crippen LogP) is 6.46. The summed E-state index contributed by atoms with van der Waals surface area (Å²) in [4.78, 5) is 4.72. The molecule has 1 aromatic heterocycles. The molecule has 0 spiro atoms. The molecular weight excluding hydrogens is 290 g/mol. The summed E-state index contributed by atoms with van der Waals surface area (Å²) in [7, 11) is 0. The first-order valence-corrected chi connectivity index (χ1v) is 8.07. The molecule has 0 N–H and O–H groups in total. The van der Waals surface area contributed by atoms with Crippen molar-refractivity contribution in [1.29, 1.82) is 0 Å². The van der Waals surface area contributed by atoms with E-state index in [1.807, 2.05) is 67.8 Å². The lowest BCUT2D eigenvalue weighted by Crippen LogP contribution is -1.86. The Bertz CT molecular complexity index is 853. The molecule has 0 aliphatic carbocycles. The van der Waals surface area contributed by atoms with Crippen molar-refractivity contribution >= 4 is 22.9 Å². The Morgan fingerprint density at radius 2 is 1.58 bits per heavy atom. The fraction of sp³-hybridized carbons (Fsp3) is 0.0870. The number of hydrogen-bond donors (Lipinski definition) is 0. The number of rotatable bonds is 4. The molecule has 0 bridgehead atoms. The highest BCUT2D eigenvalue weighted by Gasteiger charge is 1.97. The van der Waals surface area contributed by atoms with Gasteiger partial charge in [0.05, 0.1) is 5.69 Å². The van der Waals surface area contributed by atoms with Gasteiger partial charge in [0.1, 0.15) is 0 Å². The Morgan fingerprint density at radius 1 is 0.875 bits per heavy atom. The molecule has 0 aliphatic heterocycles. The van der Waals surface area contributed by atoms with Crippen molar-refractivity contribution < 1.29 is 0 Å². The third-order valence-corrected chi connectivity index (χ3v) is 3.65. The first-order chi connectivity index (χ1) is 11.8. The summed E-state index contributed by atoms with van der Waals surface area (Å²) in [6.07, 6.45) is 15.8. The quantitative estimate of drug-likeness (QED) is 0.590. The number of benzene rings is 1. The van der Waals surface area contributed by atoms with Crippen molar-refractivity contribution in [2.45, 2.75) is 13.8 Å². The van der Waals surface area contributed by atoms with Crippen LogP contribution in [0.4, 0.5) is 0 Å². The van der Waals surface area contributed by atoms with Crippen LogP contribution < -0.4 is 0 Å². The van der Waals surface area contributed by atoms with Crippen molar-refractivity contribution in [2.75, 3.05) is 0 Å². The summed E-state index contributed by atoms with van der Waals surface area (Å²) in [5, 5.41) is 2.25. The maximum Gasteiger partial charge on any atom is 0.0704 e. The summed E-state index contributed by atoms with van der Waals surface area (Å²) >= 11 is 0. The van der Waals surface area contributed by atoms with Gasteiger partial charge >= 0.3 is 0 Å². The van der Waals surface area contributed by atoms with E-state index >= 15 is 0 Å². The predicted molar refractivity (Wildman–Crippen MR) is 107 cm³/mol. The number of aromatic nitrogens is 1. The van der Waals surface area contributed by atoms with E-state index in [0.29, 0.717) is 0 Å². The Kier molecular flexibility index (Phi) is 6.73. The van der Waals surface area contributed by atoms with Crippen LogP contribution in [-0.4, -0.2) is 4.98 Å². The van der Waals surface area contributed by atoms with Gasteiger partial charge in [-0.05, 0) is 36.3 Å². The monoisotopic (exact) mass is 313 g/mol. The van der Waals surface area contributed by atoms with Crippen LogP contribution in [0.15, 0.2) is 85.6 Å². The molecule has 0 fully saturated rings. The van der Waals surface area contributed by atoms with Crippen LogP contribution in [0.2, 0.25) is 0 Å². The molecule has 0 amide bonds. The van der Waals surface area contributed by atoms with Crippen molar-refractivity contribution in [1.82, 2.24) is 4.98 Å². The lowest BCUT2D eigenvalue weighted by molar-refractivity contribution is 1.30. The first kappa shape index (κ1) is 17.4. The molecule has 24 heavy (non-hydrogen) atoms. The second-order valence-electron chi connectivity index (χ2n) is 5.37. The largest absolute Gasteiger partial charge is 0.256 e. The number of hydrogen-bond acceptors (Lipinski definition) is 1. The van der Waals surface area contributed by atoms with E-state index in [2.05, 4.69) is 43.8 Å². The standard InChI is InChI=1S/C23H23N/c1-4-6-7-8-9-17-23-22(5-2)19(3)13-12-16-20-14-10-11-15-21(20)18-24-23/h4-18H,2H2,1,3H3/b6-4-,8-7-,13-12?,16-12?,17-9+,19-13?,20-16?,21-18?,22-19?,23-22?,24-18?,24-23?. The van der Waals surface area contributed by atoms with E-state index in [4.69, 9.17) is 4.98 Å². The molecule has 1 nitrogen and oxygen atoms in total. The fourth-order valence-corrected chi connectivity index (χ4v) is 2.36. The molecule has 0 radical (unpaired) electrons. The Morgan fingerprint density at radius 3 is 2.33 bits per heavy atom. The molecule has 1 aromatic carbocycles. The van der Waals surface area contributed by atoms with Crippen LogP contribution in [0.25, 0.3) is 22.9 Å². The van der Waals surface area contributed by atoms with E-state index in [9.17, 15) is 0 Å². The van der Waals surface area contributed by atoms with Crippen LogP contribution in [0.5, 0.6) is 0 Å². The number of allylic oxidation sites excluding steroid dienone is 5. The average Bonchev–Trinajstić information content (AvgIpc) is 2.60. The number of nitrogens with zero attached hydrogens (tertiary/aromatic N) is 1. The molecule has 1 heteroatoms. The fourth-order valence-electron chi connectivity index (χ4n) is 2.36. The van der Waals surface area contributed by atoms with Crippen LogP contribution >= 0.6 is 0 Å². The average molecular weight is 313 g/mol. The summed E-state index contributed by atoms with van der Waals surface area (Å²) in [6, 6.07) is 14.5. The van der Waals surface area contributed by atoms with Crippen LogP contribution in [0.1, 0.15) is 23.7 Å². The van der Waals surface area contributed by atoms with Crippen molar-refractivity contribution in [3.63, 3.8) is 0 Å². The summed E-state index contributed by atoms with van der Waals surface area (Å²) in [6.45, 7) is 8.03. The molecule has 2 rings (SSSR count). The molecule has 0 aliphatic rings.